The van der Waals surface area contributed by atoms with Gasteiger partial charge in [-0.05, 0) is 62.1 Å². The second kappa shape index (κ2) is 10.8. The van der Waals surface area contributed by atoms with E-state index < -0.39 is 17.2 Å². The minimum atomic E-state index is -0.577. The number of benzene rings is 2. The number of nitrogens with one attached hydrogen (secondary N) is 1. The number of amides is 2. The summed E-state index contributed by atoms with van der Waals surface area (Å²) < 4.78 is 6.14. The van der Waals surface area contributed by atoms with Crippen LogP contribution in [0.25, 0.3) is 0 Å². The minimum Gasteiger partial charge on any atom is -0.487 e. The van der Waals surface area contributed by atoms with Crippen LogP contribution in [-0.2, 0) is 4.79 Å². The van der Waals surface area contributed by atoms with Gasteiger partial charge in [-0.2, -0.15) is 0 Å². The summed E-state index contributed by atoms with van der Waals surface area (Å²) >= 11 is 0. The fourth-order valence-electron chi connectivity index (χ4n) is 5.82. The Balaban J connectivity index is 1.50. The summed E-state index contributed by atoms with van der Waals surface area (Å²) in [5, 5.41) is 3.22. The van der Waals surface area contributed by atoms with Crippen molar-refractivity contribution in [2.24, 2.45) is 10.7 Å². The lowest BCUT2D eigenvalue weighted by molar-refractivity contribution is -0.131. The third kappa shape index (κ3) is 5.30. The van der Waals surface area contributed by atoms with Crippen LogP contribution in [0.3, 0.4) is 0 Å². The number of pyridine rings is 1. The number of carbonyl (C=O) groups is 2. The van der Waals surface area contributed by atoms with E-state index in [1.54, 1.807) is 23.4 Å². The average molecular weight is 540 g/mol. The lowest BCUT2D eigenvalue weighted by Crippen LogP contribution is -2.52. The second-order valence-corrected chi connectivity index (χ2v) is 11.3. The number of carbonyl (C=O) groups excluding carboxylic acids is 2. The summed E-state index contributed by atoms with van der Waals surface area (Å²) in [5.41, 5.74) is 8.58. The number of aromatic nitrogens is 1. The van der Waals surface area contributed by atoms with Crippen molar-refractivity contribution in [3.05, 3.63) is 95.3 Å². The molecule has 1 aromatic heterocycles. The maximum absolute atomic E-state index is 13.6. The van der Waals surface area contributed by atoms with Gasteiger partial charge in [0.15, 0.2) is 5.96 Å². The van der Waals surface area contributed by atoms with E-state index in [9.17, 15) is 9.59 Å². The molecule has 208 valence electrons. The normalized spacial score (nSPS) is 20.1. The number of rotatable bonds is 7. The first kappa shape index (κ1) is 27.4. The van der Waals surface area contributed by atoms with Gasteiger partial charge in [0.05, 0.1) is 24.0 Å². The third-order valence-electron chi connectivity index (χ3n) is 8.07. The largest absolute Gasteiger partial charge is 0.487 e. The molecule has 40 heavy (non-hydrogen) atoms. The van der Waals surface area contributed by atoms with Gasteiger partial charge in [0.1, 0.15) is 11.4 Å². The van der Waals surface area contributed by atoms with Crippen LogP contribution < -0.4 is 15.8 Å². The van der Waals surface area contributed by atoms with Gasteiger partial charge in [-0.25, -0.2) is 4.99 Å². The first-order chi connectivity index (χ1) is 19.1. The van der Waals surface area contributed by atoms with Crippen LogP contribution in [0.5, 0.6) is 5.75 Å². The molecule has 2 aliphatic rings. The highest BCUT2D eigenvalue weighted by molar-refractivity contribution is 6.00. The van der Waals surface area contributed by atoms with E-state index in [-0.39, 0.29) is 30.2 Å². The molecule has 3 N–H and O–H groups in total. The van der Waals surface area contributed by atoms with Gasteiger partial charge in [-0.3, -0.25) is 19.5 Å². The third-order valence-corrected chi connectivity index (χ3v) is 8.07. The Morgan fingerprint density at radius 1 is 1.10 bits per heavy atom. The molecule has 3 aromatic rings. The number of guanidine groups is 1. The van der Waals surface area contributed by atoms with Crippen LogP contribution in [-0.4, -0.2) is 38.8 Å². The Labute approximate surface area is 235 Å². The molecule has 3 heterocycles. The molecule has 0 saturated heterocycles. The number of nitrogens with two attached hydrogens (primary N) is 1. The van der Waals surface area contributed by atoms with Crippen LogP contribution in [0, 0.1) is 0 Å². The molecule has 0 saturated carbocycles. The Hall–Kier alpha value is -4.20. The molecule has 0 unspecified atom stereocenters. The van der Waals surface area contributed by atoms with Crippen LogP contribution in [0.4, 0.5) is 0 Å². The molecule has 2 aliphatic heterocycles. The van der Waals surface area contributed by atoms with Crippen molar-refractivity contribution in [3.8, 4) is 5.75 Å². The maximum Gasteiger partial charge on any atom is 0.251 e. The van der Waals surface area contributed by atoms with Gasteiger partial charge in [-0.15, -0.1) is 0 Å². The summed E-state index contributed by atoms with van der Waals surface area (Å²) in [4.78, 5) is 37.9. The fraction of sp³-hybridized carbons (Fsp3) is 0.375. The Morgan fingerprint density at radius 3 is 2.55 bits per heavy atom. The molecule has 8 heteroatoms. The van der Waals surface area contributed by atoms with E-state index in [1.165, 1.54) is 0 Å². The lowest BCUT2D eigenvalue weighted by atomic mass is 9.86. The number of nitrogens with zero attached hydrogens (tertiary/aromatic N) is 3. The zero-order chi connectivity index (χ0) is 28.5. The lowest BCUT2D eigenvalue weighted by Gasteiger charge is -2.40. The molecule has 0 radical (unpaired) electrons. The van der Waals surface area contributed by atoms with Gasteiger partial charge in [0.2, 0.25) is 5.91 Å². The van der Waals surface area contributed by atoms with Crippen LogP contribution in [0.2, 0.25) is 0 Å². The van der Waals surface area contributed by atoms with Crippen molar-refractivity contribution in [1.29, 1.82) is 0 Å². The van der Waals surface area contributed by atoms with E-state index in [0.717, 1.165) is 35.3 Å². The molecule has 0 aliphatic carbocycles. The molecule has 2 amide bonds. The van der Waals surface area contributed by atoms with Crippen molar-refractivity contribution in [2.75, 3.05) is 0 Å². The highest BCUT2D eigenvalue weighted by Gasteiger charge is 2.41. The van der Waals surface area contributed by atoms with Crippen LogP contribution >= 0.6 is 0 Å². The second-order valence-electron chi connectivity index (χ2n) is 11.3. The average Bonchev–Trinajstić information content (AvgIpc) is 2.94. The summed E-state index contributed by atoms with van der Waals surface area (Å²) in [6.45, 7) is 8.10. The quantitative estimate of drug-likeness (QED) is 0.423. The number of hydrogen-bond acceptors (Lipinski definition) is 6. The predicted molar refractivity (Wildman–Crippen MR) is 155 cm³/mol. The molecule has 2 atom stereocenters. The van der Waals surface area contributed by atoms with Crippen molar-refractivity contribution in [3.63, 3.8) is 0 Å². The smallest absolute Gasteiger partial charge is 0.251 e. The summed E-state index contributed by atoms with van der Waals surface area (Å²) in [7, 11) is 0. The number of fused-ring (bicyclic) bond motifs is 1. The SMILES string of the molecule is CCC1(CC)CC(=O)N([C@@H](c2cccnc2)c2cccc(C(=O)N[C@H]3CC(C)(C)Oc4ccccc43)c2)C(N)=N1. The van der Waals surface area contributed by atoms with Crippen molar-refractivity contribution < 1.29 is 14.3 Å². The summed E-state index contributed by atoms with van der Waals surface area (Å²) in [5.74, 6) is 0.667. The van der Waals surface area contributed by atoms with E-state index >= 15 is 0 Å². The van der Waals surface area contributed by atoms with E-state index in [4.69, 9.17) is 15.5 Å². The number of hydrogen-bond donors (Lipinski definition) is 2. The van der Waals surface area contributed by atoms with Gasteiger partial charge >= 0.3 is 0 Å². The molecule has 5 rings (SSSR count). The Bertz CT molecular complexity index is 1430. The molecule has 0 fully saturated rings. The Kier molecular flexibility index (Phi) is 7.36. The van der Waals surface area contributed by atoms with Crippen molar-refractivity contribution in [1.82, 2.24) is 15.2 Å². The molecular weight excluding hydrogens is 502 g/mol. The minimum absolute atomic E-state index is 0.0963. The summed E-state index contributed by atoms with van der Waals surface area (Å²) in [6.07, 6.45) is 5.77. The number of para-hydroxylation sites is 1. The van der Waals surface area contributed by atoms with Crippen molar-refractivity contribution >= 4 is 17.8 Å². The van der Waals surface area contributed by atoms with E-state index in [1.807, 2.05) is 82.3 Å². The van der Waals surface area contributed by atoms with Gasteiger partial charge in [-0.1, -0.05) is 50.2 Å². The van der Waals surface area contributed by atoms with Crippen LogP contribution in [0.1, 0.15) is 92.5 Å². The zero-order valence-corrected chi connectivity index (χ0v) is 23.6. The molecule has 0 spiro atoms. The Morgan fingerprint density at radius 2 is 1.85 bits per heavy atom. The highest BCUT2D eigenvalue weighted by Crippen LogP contribution is 2.40. The standard InChI is InChI=1S/C32H37N5O3/c1-5-32(6-2)19-27(38)37(30(33)36-32)28(23-13-10-16-34-20-23)21-11-9-12-22(17-21)29(39)35-25-18-31(3,4)40-26-15-8-7-14-24(25)26/h7-17,20,25,28H,5-6,18-19H2,1-4H3,(H2,33,36)(H,35,39)/t25-,28+/m0/s1. The monoisotopic (exact) mass is 539 g/mol. The molecule has 0 bridgehead atoms. The maximum atomic E-state index is 13.6. The van der Waals surface area contributed by atoms with Crippen LogP contribution in [0.15, 0.2) is 78.0 Å². The molecular formula is C32H37N5O3. The van der Waals surface area contributed by atoms with E-state index in [2.05, 4.69) is 10.3 Å². The molecule has 2 aromatic carbocycles. The first-order valence-corrected chi connectivity index (χ1v) is 13.9. The fourth-order valence-corrected chi connectivity index (χ4v) is 5.82. The van der Waals surface area contributed by atoms with Gasteiger partial charge in [0.25, 0.3) is 5.91 Å². The topological polar surface area (TPSA) is 110 Å². The molecule has 8 nitrogen and oxygen atoms in total. The highest BCUT2D eigenvalue weighted by atomic mass is 16.5. The van der Waals surface area contributed by atoms with E-state index in [0.29, 0.717) is 12.0 Å². The van der Waals surface area contributed by atoms with Gasteiger partial charge in [0, 0.05) is 29.9 Å². The summed E-state index contributed by atoms with van der Waals surface area (Å²) in [6, 6.07) is 18.1. The zero-order valence-electron chi connectivity index (χ0n) is 23.6. The number of ether oxygens (including phenoxy) is 1. The predicted octanol–water partition coefficient (Wildman–Crippen LogP) is 5.31. The number of aliphatic imine (C=N–C) groups is 1. The first-order valence-electron chi connectivity index (χ1n) is 13.9. The van der Waals surface area contributed by atoms with Gasteiger partial charge < -0.3 is 15.8 Å². The van der Waals surface area contributed by atoms with Crippen molar-refractivity contribution in [2.45, 2.75) is 76.6 Å².